The van der Waals surface area contributed by atoms with Crippen molar-refractivity contribution in [1.82, 2.24) is 19.5 Å². The molecule has 0 atom stereocenters. The molecular formula is C22H17AsF3N4O. The van der Waals surface area contributed by atoms with Crippen molar-refractivity contribution in [3.8, 4) is 11.4 Å². The predicted molar refractivity (Wildman–Crippen MR) is 111 cm³/mol. The molecule has 2 aromatic carbocycles. The molecule has 0 amide bonds. The minimum atomic E-state index is -4.60. The van der Waals surface area contributed by atoms with Crippen molar-refractivity contribution in [1.29, 1.82) is 0 Å². The number of aromatic nitrogens is 4. The Kier molecular flexibility index (Phi) is 5.18. The Hall–Kier alpha value is -2.86. The number of benzene rings is 2. The first kappa shape index (κ1) is 20.1. The number of imidazole rings is 1. The molecule has 0 aliphatic heterocycles. The molecule has 0 unspecified atom stereocenters. The van der Waals surface area contributed by atoms with Crippen LogP contribution < -0.4 is 9.22 Å². The van der Waals surface area contributed by atoms with Gasteiger partial charge in [0.05, 0.1) is 0 Å². The van der Waals surface area contributed by atoms with Crippen molar-refractivity contribution in [2.75, 3.05) is 0 Å². The first-order chi connectivity index (χ1) is 15.0. The summed E-state index contributed by atoms with van der Waals surface area (Å²) in [6, 6.07) is 16.9. The third-order valence-electron chi connectivity index (χ3n) is 4.85. The predicted octanol–water partition coefficient (Wildman–Crippen LogP) is 4.33. The van der Waals surface area contributed by atoms with Crippen LogP contribution in [0.25, 0.3) is 16.9 Å². The van der Waals surface area contributed by atoms with Crippen molar-refractivity contribution < 1.29 is 17.9 Å². The van der Waals surface area contributed by atoms with Gasteiger partial charge in [-0.2, -0.15) is 0 Å². The summed E-state index contributed by atoms with van der Waals surface area (Å²) in [5, 5.41) is 0. The number of alkyl halides is 3. The van der Waals surface area contributed by atoms with E-state index in [0.29, 0.717) is 32.7 Å². The van der Waals surface area contributed by atoms with Crippen LogP contribution in [0.4, 0.5) is 13.2 Å². The zero-order chi connectivity index (χ0) is 21.4. The first-order valence-corrected chi connectivity index (χ1v) is 11.8. The van der Waals surface area contributed by atoms with E-state index in [1.807, 2.05) is 30.3 Å². The van der Waals surface area contributed by atoms with Crippen molar-refractivity contribution in [3.63, 3.8) is 0 Å². The fourth-order valence-corrected chi connectivity index (χ4v) is 5.60. The molecule has 1 fully saturated rings. The van der Waals surface area contributed by atoms with Crippen molar-refractivity contribution in [2.24, 2.45) is 0 Å². The van der Waals surface area contributed by atoms with Crippen LogP contribution >= 0.6 is 0 Å². The molecule has 9 heteroatoms. The van der Waals surface area contributed by atoms with Gasteiger partial charge < -0.3 is 0 Å². The zero-order valence-corrected chi connectivity index (χ0v) is 18.1. The van der Waals surface area contributed by atoms with Crippen LogP contribution in [0.1, 0.15) is 24.2 Å². The number of hydrogen-bond donors (Lipinski definition) is 0. The number of rotatable bonds is 6. The second-order valence-corrected chi connectivity index (χ2v) is 10.2. The van der Waals surface area contributed by atoms with Gasteiger partial charge in [-0.3, -0.25) is 0 Å². The van der Waals surface area contributed by atoms with Crippen LogP contribution in [-0.2, 0) is 12.8 Å². The second kappa shape index (κ2) is 8.00. The molecule has 157 valence electrons. The van der Waals surface area contributed by atoms with Gasteiger partial charge in [-0.25, -0.2) is 0 Å². The van der Waals surface area contributed by atoms with E-state index in [-0.39, 0.29) is 5.65 Å². The molecule has 0 spiro atoms. The van der Waals surface area contributed by atoms with Crippen LogP contribution in [0.5, 0.6) is 5.75 Å². The fraction of sp³-hybridized carbons (Fsp3) is 0.227. The summed E-state index contributed by atoms with van der Waals surface area (Å²) in [6.07, 6.45) is -0.981. The van der Waals surface area contributed by atoms with Crippen molar-refractivity contribution >= 4 is 31.4 Å². The Morgan fingerprint density at radius 2 is 1.74 bits per heavy atom. The summed E-state index contributed by atoms with van der Waals surface area (Å²) in [5.41, 5.74) is 2.36. The number of fused-ring (bicyclic) bond motifs is 1. The van der Waals surface area contributed by atoms with Gasteiger partial charge in [0.15, 0.2) is 0 Å². The molecule has 4 aromatic rings. The molecule has 2 heterocycles. The van der Waals surface area contributed by atoms with Crippen molar-refractivity contribution in [2.45, 2.75) is 30.3 Å². The van der Waals surface area contributed by atoms with E-state index in [1.165, 1.54) is 6.33 Å². The summed E-state index contributed by atoms with van der Waals surface area (Å²) in [5.74, 6) is -0.433. The molecule has 0 N–H and O–H groups in total. The van der Waals surface area contributed by atoms with Gasteiger partial charge in [0.1, 0.15) is 0 Å². The first-order valence-electron chi connectivity index (χ1n) is 9.78. The molecule has 1 saturated carbocycles. The molecule has 31 heavy (non-hydrogen) atoms. The summed E-state index contributed by atoms with van der Waals surface area (Å²) in [7, 11) is 0. The molecule has 1 aliphatic carbocycles. The average molecular weight is 485 g/mol. The van der Waals surface area contributed by atoms with Gasteiger partial charge in [-0.1, -0.05) is 18.2 Å². The summed E-state index contributed by atoms with van der Waals surface area (Å²) < 4.78 is 48.5. The molecule has 2 aromatic heterocycles. The van der Waals surface area contributed by atoms with E-state index in [0.717, 1.165) is 18.4 Å². The van der Waals surface area contributed by atoms with E-state index in [9.17, 15) is 13.2 Å². The van der Waals surface area contributed by atoms with Gasteiger partial charge in [0.25, 0.3) is 0 Å². The number of hydrogen-bond acceptors (Lipinski definition) is 4. The van der Waals surface area contributed by atoms with E-state index in [1.54, 1.807) is 28.8 Å². The van der Waals surface area contributed by atoms with Gasteiger partial charge >= 0.3 is 165 Å². The Morgan fingerprint density at radius 3 is 2.42 bits per heavy atom. The fourth-order valence-electron chi connectivity index (χ4n) is 3.11. The standard InChI is InChI=1S/C22H17AsF3N4O/c24-22(25,26)21-28-19(23-15-6-7-15)18-20(29-21)30(13-27-18)16-8-10-17(11-9-16)31-12-14-4-2-1-3-5-14/h1-5,8-11,13,15H,6-7,12H2. The van der Waals surface area contributed by atoms with Crippen molar-refractivity contribution in [3.05, 3.63) is 72.3 Å². The quantitative estimate of drug-likeness (QED) is 0.382. The number of nitrogens with zero attached hydrogens (tertiary/aromatic N) is 4. The molecular weight excluding hydrogens is 468 g/mol. The normalized spacial score (nSPS) is 14.5. The van der Waals surface area contributed by atoms with Crippen LogP contribution in [0.15, 0.2) is 60.9 Å². The van der Waals surface area contributed by atoms with Gasteiger partial charge in [-0.05, 0) is 0 Å². The Balaban J connectivity index is 1.45. The maximum absolute atomic E-state index is 13.4. The van der Waals surface area contributed by atoms with Gasteiger partial charge in [0.2, 0.25) is 0 Å². The van der Waals surface area contributed by atoms with E-state index < -0.39 is 27.8 Å². The molecule has 0 saturated heterocycles. The van der Waals surface area contributed by atoms with Crippen LogP contribution in [0, 0.1) is 0 Å². The Morgan fingerprint density at radius 1 is 1.00 bits per heavy atom. The van der Waals surface area contributed by atoms with E-state index in [2.05, 4.69) is 15.0 Å². The summed E-state index contributed by atoms with van der Waals surface area (Å²) >= 11 is -0.461. The molecule has 0 bridgehead atoms. The summed E-state index contributed by atoms with van der Waals surface area (Å²) in [6.45, 7) is 0.435. The number of halogens is 3. The molecule has 5 nitrogen and oxygen atoms in total. The monoisotopic (exact) mass is 485 g/mol. The molecule has 1 aliphatic rings. The Labute approximate surface area is 183 Å². The zero-order valence-electron chi connectivity index (χ0n) is 16.3. The molecule has 1 radical (unpaired) electrons. The third kappa shape index (κ3) is 4.44. The summed E-state index contributed by atoms with van der Waals surface area (Å²) in [4.78, 5) is 12.0. The van der Waals surface area contributed by atoms with Gasteiger partial charge in [0, 0.05) is 0 Å². The SMILES string of the molecule is FC(F)(F)c1nc([As]C2CC2)c2ncn(-c3ccc(OCc4ccccc4)cc3)c2n1. The van der Waals surface area contributed by atoms with Crippen LogP contribution in [0.3, 0.4) is 0 Å². The third-order valence-corrected chi connectivity index (χ3v) is 7.86. The molecule has 5 rings (SSSR count). The Bertz CT molecular complexity index is 1210. The topological polar surface area (TPSA) is 52.8 Å². The van der Waals surface area contributed by atoms with E-state index in [4.69, 9.17) is 4.74 Å². The van der Waals surface area contributed by atoms with Crippen LogP contribution in [-0.4, -0.2) is 35.3 Å². The maximum atomic E-state index is 13.4. The van der Waals surface area contributed by atoms with E-state index >= 15 is 0 Å². The second-order valence-electron chi connectivity index (χ2n) is 7.28. The average Bonchev–Trinajstić information content (AvgIpc) is 3.48. The minimum absolute atomic E-state index is 0.186. The number of ether oxygens (including phenoxy) is 1. The van der Waals surface area contributed by atoms with Gasteiger partial charge in [-0.15, -0.1) is 0 Å². The van der Waals surface area contributed by atoms with Crippen LogP contribution in [0.2, 0.25) is 4.71 Å².